The number of hydrogen-bond donors (Lipinski definition) is 2. The predicted octanol–water partition coefficient (Wildman–Crippen LogP) is 1.21. The highest BCUT2D eigenvalue weighted by Gasteiger charge is 2.37. The molecule has 128 valence electrons. The number of aliphatic carboxylic acids is 1. The van der Waals surface area contributed by atoms with E-state index >= 15 is 0 Å². The van der Waals surface area contributed by atoms with Crippen LogP contribution in [-0.2, 0) is 9.59 Å². The lowest BCUT2D eigenvalue weighted by Crippen LogP contribution is -2.47. The van der Waals surface area contributed by atoms with E-state index in [0.717, 1.165) is 10.5 Å². The van der Waals surface area contributed by atoms with Crippen molar-refractivity contribution in [2.45, 2.75) is 33.2 Å². The molecule has 0 fully saturated rings. The van der Waals surface area contributed by atoms with E-state index in [0.29, 0.717) is 0 Å². The fraction of sp³-hybridized carbons (Fsp3) is 0.412. The van der Waals surface area contributed by atoms with Gasteiger partial charge in [-0.3, -0.25) is 19.3 Å². The van der Waals surface area contributed by atoms with Crippen LogP contribution in [0.1, 0.15) is 46.5 Å². The fourth-order valence-electron chi connectivity index (χ4n) is 2.62. The first kappa shape index (κ1) is 17.7. The summed E-state index contributed by atoms with van der Waals surface area (Å²) < 4.78 is 0. The number of nitrogens with zero attached hydrogens (tertiary/aromatic N) is 1. The van der Waals surface area contributed by atoms with Gasteiger partial charge in [-0.1, -0.05) is 25.5 Å². The summed E-state index contributed by atoms with van der Waals surface area (Å²) in [6.45, 7) is 4.99. The molecular weight excluding hydrogens is 312 g/mol. The molecule has 1 aromatic carbocycles. The van der Waals surface area contributed by atoms with Gasteiger partial charge in [0.25, 0.3) is 11.8 Å². The van der Waals surface area contributed by atoms with Crippen molar-refractivity contribution >= 4 is 23.7 Å². The Balaban J connectivity index is 2.09. The van der Waals surface area contributed by atoms with Crippen molar-refractivity contribution in [3.05, 3.63) is 34.9 Å². The zero-order valence-corrected chi connectivity index (χ0v) is 13.8. The molecule has 1 aliphatic heterocycles. The van der Waals surface area contributed by atoms with Crippen LogP contribution in [0.5, 0.6) is 0 Å². The maximum atomic E-state index is 12.3. The van der Waals surface area contributed by atoms with Crippen LogP contribution < -0.4 is 5.32 Å². The molecule has 7 nitrogen and oxygen atoms in total. The number of aryl methyl sites for hydroxylation is 1. The molecule has 0 radical (unpaired) electrons. The van der Waals surface area contributed by atoms with Crippen molar-refractivity contribution in [2.75, 3.05) is 6.54 Å². The van der Waals surface area contributed by atoms with Crippen molar-refractivity contribution in [3.8, 4) is 0 Å². The van der Waals surface area contributed by atoms with Gasteiger partial charge in [-0.05, 0) is 31.4 Å². The lowest BCUT2D eigenvalue weighted by atomic mass is 10.0. The van der Waals surface area contributed by atoms with Gasteiger partial charge < -0.3 is 10.4 Å². The van der Waals surface area contributed by atoms with Gasteiger partial charge in [0.2, 0.25) is 5.91 Å². The minimum absolute atomic E-state index is 0.0775. The van der Waals surface area contributed by atoms with E-state index in [2.05, 4.69) is 5.32 Å². The van der Waals surface area contributed by atoms with E-state index in [1.165, 1.54) is 0 Å². The van der Waals surface area contributed by atoms with Crippen molar-refractivity contribution in [1.82, 2.24) is 10.2 Å². The Morgan fingerprint density at radius 2 is 1.79 bits per heavy atom. The molecule has 1 aromatic rings. The maximum Gasteiger partial charge on any atom is 0.326 e. The third-order valence-electron chi connectivity index (χ3n) is 3.77. The summed E-state index contributed by atoms with van der Waals surface area (Å²) in [5.41, 5.74) is 1.37. The quantitative estimate of drug-likeness (QED) is 0.762. The van der Waals surface area contributed by atoms with Gasteiger partial charge in [0.15, 0.2) is 0 Å². The fourth-order valence-corrected chi connectivity index (χ4v) is 2.62. The van der Waals surface area contributed by atoms with Crippen LogP contribution in [0.2, 0.25) is 0 Å². The minimum atomic E-state index is -1.14. The van der Waals surface area contributed by atoms with E-state index in [1.54, 1.807) is 25.1 Å². The van der Waals surface area contributed by atoms with Gasteiger partial charge in [-0.15, -0.1) is 0 Å². The van der Waals surface area contributed by atoms with Gasteiger partial charge in [-0.25, -0.2) is 4.79 Å². The molecule has 2 N–H and O–H groups in total. The largest absolute Gasteiger partial charge is 0.480 e. The topological polar surface area (TPSA) is 104 Å². The Morgan fingerprint density at radius 3 is 2.38 bits per heavy atom. The summed E-state index contributed by atoms with van der Waals surface area (Å²) in [7, 11) is 0. The molecule has 0 saturated heterocycles. The molecule has 7 heteroatoms. The first-order chi connectivity index (χ1) is 11.2. The van der Waals surface area contributed by atoms with Crippen LogP contribution in [0, 0.1) is 12.8 Å². The smallest absolute Gasteiger partial charge is 0.326 e. The molecule has 2 rings (SSSR count). The number of carboxylic acids is 1. The van der Waals surface area contributed by atoms with Crippen LogP contribution in [0.25, 0.3) is 0 Å². The average molecular weight is 332 g/mol. The summed E-state index contributed by atoms with van der Waals surface area (Å²) in [6, 6.07) is 3.83. The number of fused-ring (bicyclic) bond motifs is 1. The SMILES string of the molecule is Cc1ccc2c(c1)C(=O)N(CC(=O)N[C@@H](CC(C)C)C(=O)O)C2=O. The van der Waals surface area contributed by atoms with E-state index in [-0.39, 0.29) is 23.5 Å². The van der Waals surface area contributed by atoms with Gasteiger partial charge in [0.05, 0.1) is 11.1 Å². The second-order valence-corrected chi connectivity index (χ2v) is 6.33. The van der Waals surface area contributed by atoms with Crippen LogP contribution in [-0.4, -0.2) is 46.3 Å². The molecule has 1 atom stereocenters. The Bertz CT molecular complexity index is 711. The molecule has 0 aliphatic carbocycles. The Hall–Kier alpha value is -2.70. The number of benzene rings is 1. The van der Waals surface area contributed by atoms with Crippen LogP contribution >= 0.6 is 0 Å². The summed E-state index contributed by atoms with van der Waals surface area (Å²) in [6.07, 6.45) is 0.266. The minimum Gasteiger partial charge on any atom is -0.480 e. The van der Waals surface area contributed by atoms with Crippen molar-refractivity contribution in [1.29, 1.82) is 0 Å². The Morgan fingerprint density at radius 1 is 1.17 bits per heavy atom. The molecular formula is C17H20N2O5. The number of nitrogens with one attached hydrogen (secondary N) is 1. The number of rotatable bonds is 6. The highest BCUT2D eigenvalue weighted by Crippen LogP contribution is 2.23. The Labute approximate surface area is 139 Å². The maximum absolute atomic E-state index is 12.3. The second kappa shape index (κ2) is 6.82. The third-order valence-corrected chi connectivity index (χ3v) is 3.77. The Kier molecular flexibility index (Phi) is 5.02. The van der Waals surface area contributed by atoms with Crippen LogP contribution in [0.3, 0.4) is 0 Å². The number of carbonyl (C=O) groups excluding carboxylic acids is 3. The molecule has 0 spiro atoms. The van der Waals surface area contributed by atoms with E-state index in [9.17, 15) is 19.2 Å². The molecule has 0 saturated carbocycles. The zero-order chi connectivity index (χ0) is 18.0. The number of imide groups is 1. The van der Waals surface area contributed by atoms with E-state index < -0.39 is 36.3 Å². The molecule has 0 bridgehead atoms. The predicted molar refractivity (Wildman–Crippen MR) is 85.6 cm³/mol. The number of carboxylic acid groups (broad SMARTS) is 1. The van der Waals surface area contributed by atoms with Crippen molar-refractivity contribution < 1.29 is 24.3 Å². The number of amides is 3. The lowest BCUT2D eigenvalue weighted by molar-refractivity contribution is -0.142. The van der Waals surface area contributed by atoms with Gasteiger partial charge in [0, 0.05) is 0 Å². The van der Waals surface area contributed by atoms with Gasteiger partial charge in [-0.2, -0.15) is 0 Å². The highest BCUT2D eigenvalue weighted by atomic mass is 16.4. The first-order valence-electron chi connectivity index (χ1n) is 7.69. The first-order valence-corrected chi connectivity index (χ1v) is 7.69. The van der Waals surface area contributed by atoms with E-state index in [4.69, 9.17) is 5.11 Å². The highest BCUT2D eigenvalue weighted by molar-refractivity contribution is 6.22. The normalized spacial score (nSPS) is 14.8. The standard InChI is InChI=1S/C17H20N2O5/c1-9(2)6-13(17(23)24)18-14(20)8-19-15(21)11-5-4-10(3)7-12(11)16(19)22/h4-5,7,9,13H,6,8H2,1-3H3,(H,18,20)(H,23,24)/t13-/m0/s1. The second-order valence-electron chi connectivity index (χ2n) is 6.33. The molecule has 24 heavy (non-hydrogen) atoms. The van der Waals surface area contributed by atoms with Crippen molar-refractivity contribution in [3.63, 3.8) is 0 Å². The molecule has 3 amide bonds. The van der Waals surface area contributed by atoms with Crippen LogP contribution in [0.4, 0.5) is 0 Å². The number of hydrogen-bond acceptors (Lipinski definition) is 4. The van der Waals surface area contributed by atoms with Crippen molar-refractivity contribution in [2.24, 2.45) is 5.92 Å². The summed E-state index contributed by atoms with van der Waals surface area (Å²) in [4.78, 5) is 48.7. The molecule has 1 heterocycles. The summed E-state index contributed by atoms with van der Waals surface area (Å²) >= 11 is 0. The number of carbonyl (C=O) groups is 4. The van der Waals surface area contributed by atoms with E-state index in [1.807, 2.05) is 13.8 Å². The summed E-state index contributed by atoms with van der Waals surface area (Å²) in [5.74, 6) is -2.82. The molecule has 0 aromatic heterocycles. The molecule has 1 aliphatic rings. The van der Waals surface area contributed by atoms with Gasteiger partial charge >= 0.3 is 5.97 Å². The monoisotopic (exact) mass is 332 g/mol. The molecule has 0 unspecified atom stereocenters. The lowest BCUT2D eigenvalue weighted by Gasteiger charge is -2.19. The zero-order valence-electron chi connectivity index (χ0n) is 13.8. The summed E-state index contributed by atoms with van der Waals surface area (Å²) in [5, 5.41) is 11.5. The van der Waals surface area contributed by atoms with Gasteiger partial charge in [0.1, 0.15) is 12.6 Å². The van der Waals surface area contributed by atoms with Crippen LogP contribution in [0.15, 0.2) is 18.2 Å². The average Bonchev–Trinajstić information content (AvgIpc) is 2.70. The third kappa shape index (κ3) is 3.61.